The second kappa shape index (κ2) is 2.69. The average molecular weight is 140 g/mol. The second-order valence-electron chi connectivity index (χ2n) is 3.49. The molecule has 1 heteroatoms. The highest BCUT2D eigenvalue weighted by molar-refractivity contribution is 6.81. The smallest absolute Gasteiger partial charge is 0.0507 e. The van der Waals surface area contributed by atoms with Crippen LogP contribution in [0, 0.1) is 0 Å². The maximum atomic E-state index is 3.74. The van der Waals surface area contributed by atoms with Crippen LogP contribution in [0.3, 0.4) is 0 Å². The van der Waals surface area contributed by atoms with E-state index in [2.05, 4.69) is 19.2 Å². The van der Waals surface area contributed by atoms with Crippen molar-refractivity contribution in [2.75, 3.05) is 0 Å². The molecule has 0 nitrogen and oxygen atoms in total. The standard InChI is InChI=1S/C8H16Si/c1-3-4-6-9(2)7-5-8-9/h3H,1,4-8H2,2H3. The van der Waals surface area contributed by atoms with Crippen LogP contribution in [0.25, 0.3) is 0 Å². The van der Waals surface area contributed by atoms with Crippen LogP contribution in [-0.4, -0.2) is 8.07 Å². The summed E-state index contributed by atoms with van der Waals surface area (Å²) in [5.74, 6) is 0. The summed E-state index contributed by atoms with van der Waals surface area (Å²) in [6.07, 6.45) is 4.85. The van der Waals surface area contributed by atoms with Crippen LogP contribution in [0.1, 0.15) is 12.8 Å². The quantitative estimate of drug-likeness (QED) is 0.417. The fourth-order valence-electron chi connectivity index (χ4n) is 1.48. The van der Waals surface area contributed by atoms with E-state index in [9.17, 15) is 0 Å². The Hall–Kier alpha value is -0.0431. The maximum absolute atomic E-state index is 3.74. The molecule has 0 atom stereocenters. The Morgan fingerprint density at radius 2 is 2.22 bits per heavy atom. The Kier molecular flexibility index (Phi) is 2.12. The summed E-state index contributed by atoms with van der Waals surface area (Å²) in [7, 11) is -0.589. The first-order valence-electron chi connectivity index (χ1n) is 3.88. The van der Waals surface area contributed by atoms with E-state index in [-0.39, 0.29) is 0 Å². The van der Waals surface area contributed by atoms with E-state index < -0.39 is 8.07 Å². The molecule has 0 radical (unpaired) electrons. The molecule has 1 saturated heterocycles. The summed E-state index contributed by atoms with van der Waals surface area (Å²) in [6.45, 7) is 6.27. The lowest BCUT2D eigenvalue weighted by atomic mass is 10.5. The number of rotatable bonds is 3. The molecule has 0 N–H and O–H groups in total. The minimum atomic E-state index is -0.589. The lowest BCUT2D eigenvalue weighted by Crippen LogP contribution is -2.36. The number of hydrogen-bond donors (Lipinski definition) is 0. The SMILES string of the molecule is C=CCC[Si]1(C)CCC1. The van der Waals surface area contributed by atoms with Gasteiger partial charge in [-0.05, 0) is 6.42 Å². The maximum Gasteiger partial charge on any atom is 0.0507 e. The van der Waals surface area contributed by atoms with Gasteiger partial charge in [0.05, 0.1) is 8.07 Å². The third-order valence-corrected chi connectivity index (χ3v) is 7.13. The lowest BCUT2D eigenvalue weighted by Gasteiger charge is -2.35. The zero-order valence-electron chi connectivity index (χ0n) is 6.32. The van der Waals surface area contributed by atoms with Crippen LogP contribution < -0.4 is 0 Å². The summed E-state index contributed by atoms with van der Waals surface area (Å²) >= 11 is 0. The number of hydrogen-bond acceptors (Lipinski definition) is 0. The molecule has 0 aromatic carbocycles. The van der Waals surface area contributed by atoms with Crippen molar-refractivity contribution in [2.24, 2.45) is 0 Å². The van der Waals surface area contributed by atoms with Crippen LogP contribution in [0.15, 0.2) is 12.7 Å². The lowest BCUT2D eigenvalue weighted by molar-refractivity contribution is 0.871. The Balaban J connectivity index is 2.16. The first-order valence-corrected chi connectivity index (χ1v) is 7.00. The molecule has 9 heavy (non-hydrogen) atoms. The van der Waals surface area contributed by atoms with Crippen LogP contribution in [0.5, 0.6) is 0 Å². The summed E-state index contributed by atoms with van der Waals surface area (Å²) in [6, 6.07) is 4.66. The van der Waals surface area contributed by atoms with Crippen LogP contribution in [0.2, 0.25) is 24.7 Å². The highest BCUT2D eigenvalue weighted by atomic mass is 28.3. The molecule has 0 amide bonds. The molecule has 0 unspecified atom stereocenters. The minimum Gasteiger partial charge on any atom is -0.103 e. The Labute approximate surface area is 59.0 Å². The predicted octanol–water partition coefficient (Wildman–Crippen LogP) is 3.04. The monoisotopic (exact) mass is 140 g/mol. The molecular formula is C8H16Si. The van der Waals surface area contributed by atoms with E-state index in [4.69, 9.17) is 0 Å². The molecule has 0 aliphatic carbocycles. The van der Waals surface area contributed by atoms with Crippen molar-refractivity contribution < 1.29 is 0 Å². The second-order valence-corrected chi connectivity index (χ2v) is 8.61. The molecule has 0 saturated carbocycles. The van der Waals surface area contributed by atoms with Gasteiger partial charge in [0, 0.05) is 0 Å². The zero-order chi connectivity index (χ0) is 6.74. The normalized spacial score (nSPS) is 22.8. The van der Waals surface area contributed by atoms with Gasteiger partial charge in [0.15, 0.2) is 0 Å². The van der Waals surface area contributed by atoms with Crippen molar-refractivity contribution >= 4 is 8.07 Å². The third kappa shape index (κ3) is 1.68. The Morgan fingerprint density at radius 3 is 2.56 bits per heavy atom. The third-order valence-electron chi connectivity index (χ3n) is 2.51. The zero-order valence-corrected chi connectivity index (χ0v) is 7.32. The fourth-order valence-corrected chi connectivity index (χ4v) is 4.44. The minimum absolute atomic E-state index is 0.589. The number of allylic oxidation sites excluding steroid dienone is 1. The van der Waals surface area contributed by atoms with Crippen molar-refractivity contribution in [3.05, 3.63) is 12.7 Å². The van der Waals surface area contributed by atoms with Gasteiger partial charge in [-0.25, -0.2) is 0 Å². The van der Waals surface area contributed by atoms with Crippen molar-refractivity contribution in [2.45, 2.75) is 37.5 Å². The van der Waals surface area contributed by atoms with Gasteiger partial charge in [-0.1, -0.05) is 37.2 Å². The molecular weight excluding hydrogens is 124 g/mol. The highest BCUT2D eigenvalue weighted by Gasteiger charge is 2.32. The van der Waals surface area contributed by atoms with Crippen molar-refractivity contribution in [3.63, 3.8) is 0 Å². The van der Waals surface area contributed by atoms with E-state index in [1.165, 1.54) is 18.9 Å². The van der Waals surface area contributed by atoms with Crippen molar-refractivity contribution in [3.8, 4) is 0 Å². The average Bonchev–Trinajstić information content (AvgIpc) is 1.79. The summed E-state index contributed by atoms with van der Waals surface area (Å²) in [4.78, 5) is 0. The van der Waals surface area contributed by atoms with Crippen LogP contribution in [0.4, 0.5) is 0 Å². The van der Waals surface area contributed by atoms with E-state index in [1.807, 2.05) is 0 Å². The molecule has 0 aromatic rings. The fraction of sp³-hybridized carbons (Fsp3) is 0.750. The molecule has 1 rings (SSSR count). The molecule has 1 heterocycles. The van der Waals surface area contributed by atoms with E-state index >= 15 is 0 Å². The van der Waals surface area contributed by atoms with E-state index in [0.29, 0.717) is 0 Å². The van der Waals surface area contributed by atoms with Gasteiger partial charge < -0.3 is 0 Å². The molecule has 52 valence electrons. The first kappa shape index (κ1) is 7.07. The van der Waals surface area contributed by atoms with Crippen molar-refractivity contribution in [1.29, 1.82) is 0 Å². The molecule has 1 aliphatic heterocycles. The van der Waals surface area contributed by atoms with Crippen molar-refractivity contribution in [1.82, 2.24) is 0 Å². The van der Waals surface area contributed by atoms with Gasteiger partial charge in [-0.2, -0.15) is 0 Å². The summed E-state index contributed by atoms with van der Waals surface area (Å²) < 4.78 is 0. The Morgan fingerprint density at radius 1 is 1.56 bits per heavy atom. The van der Waals surface area contributed by atoms with Gasteiger partial charge in [-0.3, -0.25) is 0 Å². The Bertz CT molecular complexity index is 103. The molecule has 0 bridgehead atoms. The van der Waals surface area contributed by atoms with Gasteiger partial charge in [0.1, 0.15) is 0 Å². The first-order chi connectivity index (χ1) is 4.27. The van der Waals surface area contributed by atoms with E-state index in [0.717, 1.165) is 0 Å². The van der Waals surface area contributed by atoms with Gasteiger partial charge in [-0.15, -0.1) is 6.58 Å². The van der Waals surface area contributed by atoms with Crippen LogP contribution >= 0.6 is 0 Å². The van der Waals surface area contributed by atoms with E-state index in [1.54, 1.807) is 12.1 Å². The largest absolute Gasteiger partial charge is 0.103 e. The topological polar surface area (TPSA) is 0 Å². The highest BCUT2D eigenvalue weighted by Crippen LogP contribution is 2.36. The molecule has 0 aromatic heterocycles. The molecule has 0 spiro atoms. The van der Waals surface area contributed by atoms with Gasteiger partial charge >= 0.3 is 0 Å². The van der Waals surface area contributed by atoms with Gasteiger partial charge in [0.2, 0.25) is 0 Å². The predicted molar refractivity (Wildman–Crippen MR) is 45.5 cm³/mol. The van der Waals surface area contributed by atoms with Crippen LogP contribution in [-0.2, 0) is 0 Å². The summed E-state index contributed by atoms with van der Waals surface area (Å²) in [5, 5.41) is 0. The molecule has 1 fully saturated rings. The summed E-state index contributed by atoms with van der Waals surface area (Å²) in [5.41, 5.74) is 0. The van der Waals surface area contributed by atoms with Gasteiger partial charge in [0.25, 0.3) is 0 Å². The molecule has 1 aliphatic rings.